The molecule has 5 amide bonds. The molecule has 8 nitrogen and oxygen atoms in total. The summed E-state index contributed by atoms with van der Waals surface area (Å²) in [6, 6.07) is 5.58. The Hall–Kier alpha value is -3.03. The standard InChI is InChI=1S/C17H19N3O5/c1-10(2)8-19-15(23)16(24)20(17(19)25)9-14(22)18-13-7-5-4-6-12(13)11(3)21/h4-7,10H,8-9H2,1-3H3,(H,18,22). The van der Waals surface area contributed by atoms with Crippen LogP contribution in [0.1, 0.15) is 31.1 Å². The molecule has 1 aliphatic heterocycles. The van der Waals surface area contributed by atoms with Crippen molar-refractivity contribution in [2.45, 2.75) is 20.8 Å². The van der Waals surface area contributed by atoms with Crippen LogP contribution in [-0.4, -0.2) is 52.4 Å². The quantitative estimate of drug-likeness (QED) is 0.475. The zero-order chi connectivity index (χ0) is 18.7. The molecule has 0 spiro atoms. The van der Waals surface area contributed by atoms with Crippen LogP contribution in [0.4, 0.5) is 10.5 Å². The van der Waals surface area contributed by atoms with Gasteiger partial charge in [0, 0.05) is 12.1 Å². The number of nitrogens with zero attached hydrogens (tertiary/aromatic N) is 2. The predicted octanol–water partition coefficient (Wildman–Crippen LogP) is 1.27. The molecule has 1 aliphatic rings. The van der Waals surface area contributed by atoms with Gasteiger partial charge in [-0.25, -0.2) is 9.69 Å². The van der Waals surface area contributed by atoms with Gasteiger partial charge in [0.1, 0.15) is 6.54 Å². The van der Waals surface area contributed by atoms with E-state index in [2.05, 4.69) is 5.32 Å². The van der Waals surface area contributed by atoms with Crippen molar-refractivity contribution in [3.8, 4) is 0 Å². The van der Waals surface area contributed by atoms with E-state index in [0.717, 1.165) is 4.90 Å². The minimum absolute atomic E-state index is 0.00285. The summed E-state index contributed by atoms with van der Waals surface area (Å²) in [6.45, 7) is 4.48. The first kappa shape index (κ1) is 18.3. The van der Waals surface area contributed by atoms with Crippen LogP contribution in [0.15, 0.2) is 24.3 Å². The van der Waals surface area contributed by atoms with E-state index in [-0.39, 0.29) is 23.9 Å². The molecule has 1 saturated heterocycles. The normalized spacial score (nSPS) is 14.5. The molecular formula is C17H19N3O5. The van der Waals surface area contributed by atoms with E-state index in [1.165, 1.54) is 6.92 Å². The summed E-state index contributed by atoms with van der Waals surface area (Å²) >= 11 is 0. The summed E-state index contributed by atoms with van der Waals surface area (Å²) in [5, 5.41) is 2.49. The largest absolute Gasteiger partial charge is 0.334 e. The summed E-state index contributed by atoms with van der Waals surface area (Å²) < 4.78 is 0. The lowest BCUT2D eigenvalue weighted by Crippen LogP contribution is -2.39. The summed E-state index contributed by atoms with van der Waals surface area (Å²) in [4.78, 5) is 61.2. The molecule has 0 bridgehead atoms. The molecule has 25 heavy (non-hydrogen) atoms. The number of ketones is 1. The van der Waals surface area contributed by atoms with Crippen molar-refractivity contribution in [3.05, 3.63) is 29.8 Å². The van der Waals surface area contributed by atoms with E-state index >= 15 is 0 Å². The molecule has 1 aromatic carbocycles. The molecule has 1 aromatic rings. The van der Waals surface area contributed by atoms with Crippen molar-refractivity contribution >= 4 is 35.2 Å². The van der Waals surface area contributed by atoms with Gasteiger partial charge in [-0.15, -0.1) is 0 Å². The highest BCUT2D eigenvalue weighted by Gasteiger charge is 2.45. The van der Waals surface area contributed by atoms with Crippen molar-refractivity contribution < 1.29 is 24.0 Å². The van der Waals surface area contributed by atoms with Gasteiger partial charge in [0.2, 0.25) is 5.91 Å². The summed E-state index contributed by atoms with van der Waals surface area (Å²) in [6.07, 6.45) is 0. The van der Waals surface area contributed by atoms with Gasteiger partial charge in [0.25, 0.3) is 0 Å². The van der Waals surface area contributed by atoms with E-state index in [1.54, 1.807) is 38.1 Å². The number of carbonyl (C=O) groups excluding carboxylic acids is 5. The summed E-state index contributed by atoms with van der Waals surface area (Å²) in [7, 11) is 0. The monoisotopic (exact) mass is 345 g/mol. The molecule has 0 aliphatic carbocycles. The molecular weight excluding hydrogens is 326 g/mol. The van der Waals surface area contributed by atoms with Gasteiger partial charge in [-0.1, -0.05) is 26.0 Å². The van der Waals surface area contributed by atoms with Crippen molar-refractivity contribution in [1.82, 2.24) is 9.80 Å². The van der Waals surface area contributed by atoms with Crippen LogP contribution in [0.3, 0.4) is 0 Å². The number of carbonyl (C=O) groups is 5. The van der Waals surface area contributed by atoms with Crippen molar-refractivity contribution in [2.24, 2.45) is 5.92 Å². The Morgan fingerprint density at radius 1 is 1.04 bits per heavy atom. The fourth-order valence-electron chi connectivity index (χ4n) is 2.45. The lowest BCUT2D eigenvalue weighted by Gasteiger charge is -2.17. The maximum Gasteiger partial charge on any atom is 0.334 e. The topological polar surface area (TPSA) is 104 Å². The third kappa shape index (κ3) is 3.90. The second-order valence-electron chi connectivity index (χ2n) is 6.13. The van der Waals surface area contributed by atoms with Crippen LogP contribution in [0.5, 0.6) is 0 Å². The average molecular weight is 345 g/mol. The molecule has 8 heteroatoms. The first-order chi connectivity index (χ1) is 11.7. The second-order valence-corrected chi connectivity index (χ2v) is 6.13. The number of urea groups is 1. The van der Waals surface area contributed by atoms with E-state index in [1.807, 2.05) is 0 Å². The van der Waals surface area contributed by atoms with Gasteiger partial charge in [-0.2, -0.15) is 0 Å². The molecule has 1 heterocycles. The number of amides is 5. The van der Waals surface area contributed by atoms with E-state index in [0.29, 0.717) is 10.5 Å². The highest BCUT2D eigenvalue weighted by Crippen LogP contribution is 2.17. The Morgan fingerprint density at radius 2 is 1.64 bits per heavy atom. The van der Waals surface area contributed by atoms with Gasteiger partial charge in [-0.3, -0.25) is 24.1 Å². The van der Waals surface area contributed by atoms with E-state index in [4.69, 9.17) is 0 Å². The molecule has 0 unspecified atom stereocenters. The third-order valence-corrected chi connectivity index (χ3v) is 3.56. The molecule has 1 N–H and O–H groups in total. The van der Waals surface area contributed by atoms with Crippen molar-refractivity contribution in [1.29, 1.82) is 0 Å². The number of nitrogens with one attached hydrogen (secondary N) is 1. The summed E-state index contributed by atoms with van der Waals surface area (Å²) in [5.41, 5.74) is 0.594. The number of benzene rings is 1. The highest BCUT2D eigenvalue weighted by molar-refractivity contribution is 6.45. The number of para-hydroxylation sites is 1. The zero-order valence-corrected chi connectivity index (χ0v) is 14.2. The summed E-state index contributed by atoms with van der Waals surface area (Å²) in [5.74, 6) is -2.87. The highest BCUT2D eigenvalue weighted by atomic mass is 16.2. The maximum atomic E-state index is 12.2. The van der Waals surface area contributed by atoms with Crippen LogP contribution in [0, 0.1) is 5.92 Å². The van der Waals surface area contributed by atoms with Gasteiger partial charge in [-0.05, 0) is 25.0 Å². The predicted molar refractivity (Wildman–Crippen MR) is 88.7 cm³/mol. The molecule has 0 atom stereocenters. The lowest BCUT2D eigenvalue weighted by atomic mass is 10.1. The number of rotatable bonds is 6. The molecule has 2 rings (SSSR count). The van der Waals surface area contributed by atoms with Crippen LogP contribution in [0.2, 0.25) is 0 Å². The fraction of sp³-hybridized carbons (Fsp3) is 0.353. The van der Waals surface area contributed by atoms with Crippen LogP contribution in [-0.2, 0) is 14.4 Å². The minimum atomic E-state index is -1.03. The van der Waals surface area contributed by atoms with Crippen LogP contribution < -0.4 is 5.32 Å². The maximum absolute atomic E-state index is 12.2. The van der Waals surface area contributed by atoms with Crippen molar-refractivity contribution in [3.63, 3.8) is 0 Å². The molecule has 0 saturated carbocycles. The first-order valence-corrected chi connectivity index (χ1v) is 7.79. The Balaban J connectivity index is 2.11. The van der Waals surface area contributed by atoms with E-state index < -0.39 is 30.3 Å². The average Bonchev–Trinajstić information content (AvgIpc) is 2.72. The van der Waals surface area contributed by atoms with Gasteiger partial charge >= 0.3 is 17.8 Å². The fourth-order valence-corrected chi connectivity index (χ4v) is 2.45. The Labute approximate surface area is 144 Å². The van der Waals surface area contributed by atoms with Gasteiger partial charge in [0.15, 0.2) is 5.78 Å². The number of anilines is 1. The third-order valence-electron chi connectivity index (χ3n) is 3.56. The number of hydrogen-bond acceptors (Lipinski definition) is 5. The van der Waals surface area contributed by atoms with Crippen LogP contribution >= 0.6 is 0 Å². The lowest BCUT2D eigenvalue weighted by molar-refractivity contribution is -0.143. The zero-order valence-electron chi connectivity index (χ0n) is 14.2. The molecule has 132 valence electrons. The second kappa shape index (κ2) is 7.25. The van der Waals surface area contributed by atoms with Gasteiger partial charge < -0.3 is 5.32 Å². The van der Waals surface area contributed by atoms with Crippen LogP contribution in [0.25, 0.3) is 0 Å². The van der Waals surface area contributed by atoms with Crippen molar-refractivity contribution in [2.75, 3.05) is 18.4 Å². The Morgan fingerprint density at radius 3 is 2.24 bits per heavy atom. The minimum Gasteiger partial charge on any atom is -0.324 e. The smallest absolute Gasteiger partial charge is 0.324 e. The Bertz CT molecular complexity index is 756. The van der Waals surface area contributed by atoms with E-state index in [9.17, 15) is 24.0 Å². The molecule has 0 aromatic heterocycles. The Kier molecular flexibility index (Phi) is 5.31. The number of hydrogen-bond donors (Lipinski definition) is 1. The molecule has 1 fully saturated rings. The number of Topliss-reactive ketones (excluding diaryl/α,β-unsaturated/α-hetero) is 1. The van der Waals surface area contributed by atoms with Gasteiger partial charge in [0.05, 0.1) is 5.69 Å². The molecule has 0 radical (unpaired) electrons. The number of imide groups is 2. The first-order valence-electron chi connectivity index (χ1n) is 7.79. The SMILES string of the molecule is CC(=O)c1ccccc1NC(=O)CN1C(=O)C(=O)N(CC(C)C)C1=O.